The highest BCUT2D eigenvalue weighted by Crippen LogP contribution is 2.22. The fraction of sp³-hybridized carbons (Fsp3) is 0.455. The Hall–Kier alpha value is -0.380. The van der Waals surface area contributed by atoms with Gasteiger partial charge in [-0.05, 0) is 30.0 Å². The molecule has 0 saturated heterocycles. The summed E-state index contributed by atoms with van der Waals surface area (Å²) >= 11 is 3.46. The highest BCUT2D eigenvalue weighted by Gasteiger charge is 2.11. The van der Waals surface area contributed by atoms with E-state index < -0.39 is 0 Å². The monoisotopic (exact) mass is 256 g/mol. The van der Waals surface area contributed by atoms with Gasteiger partial charge in [0, 0.05) is 10.5 Å². The van der Waals surface area contributed by atoms with Gasteiger partial charge in [-0.1, -0.05) is 41.9 Å². The van der Waals surface area contributed by atoms with Gasteiger partial charge in [-0.2, -0.15) is 0 Å². The van der Waals surface area contributed by atoms with Crippen molar-refractivity contribution < 1.29 is 0 Å². The minimum atomic E-state index is 0.243. The lowest BCUT2D eigenvalue weighted by Gasteiger charge is -2.18. The van der Waals surface area contributed by atoms with E-state index in [1.54, 1.807) is 0 Å². The first-order chi connectivity index (χ1) is 6.63. The lowest BCUT2D eigenvalue weighted by molar-refractivity contribution is 0.438. The van der Waals surface area contributed by atoms with Gasteiger partial charge in [0.15, 0.2) is 0 Å². The Kier molecular flexibility index (Phi) is 4.58. The van der Waals surface area contributed by atoms with Crippen molar-refractivity contribution in [3.63, 3.8) is 0 Å². The van der Waals surface area contributed by atoms with Crippen LogP contribution in [0.25, 0.3) is 0 Å². The molecule has 1 unspecified atom stereocenters. The second-order valence-electron chi connectivity index (χ2n) is 3.90. The topological polar surface area (TPSA) is 38.0 Å². The minimum absolute atomic E-state index is 0.243. The number of nitrogens with one attached hydrogen (secondary N) is 1. The predicted octanol–water partition coefficient (Wildman–Crippen LogP) is 3.00. The molecule has 2 nitrogen and oxygen atoms in total. The van der Waals surface area contributed by atoms with Crippen LogP contribution in [-0.2, 0) is 0 Å². The zero-order valence-corrected chi connectivity index (χ0v) is 10.2. The van der Waals surface area contributed by atoms with Crippen LogP contribution in [0.5, 0.6) is 0 Å². The molecule has 0 aliphatic heterocycles. The van der Waals surface area contributed by atoms with Crippen molar-refractivity contribution in [2.75, 3.05) is 0 Å². The van der Waals surface area contributed by atoms with Crippen LogP contribution >= 0.6 is 15.9 Å². The van der Waals surface area contributed by atoms with Gasteiger partial charge in [0.2, 0.25) is 0 Å². The van der Waals surface area contributed by atoms with Crippen LogP contribution < -0.4 is 11.3 Å². The number of rotatable bonds is 4. The number of hydrogen-bond donors (Lipinski definition) is 2. The summed E-state index contributed by atoms with van der Waals surface area (Å²) in [5.41, 5.74) is 4.09. The molecule has 1 aromatic rings. The maximum atomic E-state index is 5.54. The molecule has 0 aliphatic carbocycles. The third-order valence-electron chi connectivity index (χ3n) is 2.16. The van der Waals surface area contributed by atoms with E-state index in [1.165, 1.54) is 5.56 Å². The molecule has 1 atom stereocenters. The average molecular weight is 257 g/mol. The lowest BCUT2D eigenvalue weighted by atomic mass is 9.98. The van der Waals surface area contributed by atoms with Crippen LogP contribution in [0.2, 0.25) is 0 Å². The van der Waals surface area contributed by atoms with Gasteiger partial charge >= 0.3 is 0 Å². The maximum Gasteiger partial charge on any atom is 0.0462 e. The summed E-state index contributed by atoms with van der Waals surface area (Å²) in [6.45, 7) is 4.39. The minimum Gasteiger partial charge on any atom is -0.271 e. The van der Waals surface area contributed by atoms with Crippen molar-refractivity contribution in [2.45, 2.75) is 26.3 Å². The molecule has 3 N–H and O–H groups in total. The first-order valence-electron chi connectivity index (χ1n) is 4.85. The zero-order chi connectivity index (χ0) is 10.6. The molecular formula is C11H17BrN2. The molecule has 0 radical (unpaired) electrons. The third kappa shape index (κ3) is 3.40. The summed E-state index contributed by atoms with van der Waals surface area (Å²) in [6, 6.07) is 8.49. The maximum absolute atomic E-state index is 5.54. The van der Waals surface area contributed by atoms with Crippen LogP contribution in [0, 0.1) is 5.92 Å². The SMILES string of the molecule is CC(C)CC(NN)c1cccc(Br)c1. The van der Waals surface area contributed by atoms with Crippen molar-refractivity contribution in [3.05, 3.63) is 34.3 Å². The molecule has 1 aromatic carbocycles. The Morgan fingerprint density at radius 2 is 2.14 bits per heavy atom. The Labute approximate surface area is 94.0 Å². The molecule has 0 aliphatic rings. The zero-order valence-electron chi connectivity index (χ0n) is 8.63. The van der Waals surface area contributed by atoms with E-state index in [9.17, 15) is 0 Å². The second-order valence-corrected chi connectivity index (χ2v) is 4.82. The van der Waals surface area contributed by atoms with Crippen molar-refractivity contribution >= 4 is 15.9 Å². The summed E-state index contributed by atoms with van der Waals surface area (Å²) in [6.07, 6.45) is 1.05. The number of halogens is 1. The molecule has 0 heterocycles. The largest absolute Gasteiger partial charge is 0.271 e. The first kappa shape index (κ1) is 11.7. The standard InChI is InChI=1S/C11H17BrN2/c1-8(2)6-11(14-13)9-4-3-5-10(12)7-9/h3-5,7-8,11,14H,6,13H2,1-2H3. The third-order valence-corrected chi connectivity index (χ3v) is 2.65. The molecule has 0 fully saturated rings. The molecule has 78 valence electrons. The van der Waals surface area contributed by atoms with Crippen LogP contribution in [-0.4, -0.2) is 0 Å². The Morgan fingerprint density at radius 3 is 2.64 bits per heavy atom. The average Bonchev–Trinajstić information content (AvgIpc) is 2.14. The number of hydrazine groups is 1. The molecular weight excluding hydrogens is 240 g/mol. The van der Waals surface area contributed by atoms with Crippen LogP contribution in [0.15, 0.2) is 28.7 Å². The molecule has 0 spiro atoms. The Balaban J connectivity index is 2.78. The van der Waals surface area contributed by atoms with Gasteiger partial charge in [-0.3, -0.25) is 11.3 Å². The van der Waals surface area contributed by atoms with Gasteiger partial charge in [0.05, 0.1) is 0 Å². The van der Waals surface area contributed by atoms with E-state index in [0.29, 0.717) is 5.92 Å². The molecule has 14 heavy (non-hydrogen) atoms. The van der Waals surface area contributed by atoms with Gasteiger partial charge in [0.1, 0.15) is 0 Å². The summed E-state index contributed by atoms with van der Waals surface area (Å²) in [7, 11) is 0. The van der Waals surface area contributed by atoms with Crippen LogP contribution in [0.1, 0.15) is 31.9 Å². The molecule has 0 bridgehead atoms. The van der Waals surface area contributed by atoms with Gasteiger partial charge in [-0.25, -0.2) is 0 Å². The van der Waals surface area contributed by atoms with Crippen molar-refractivity contribution in [1.82, 2.24) is 5.43 Å². The fourth-order valence-electron chi connectivity index (χ4n) is 1.50. The number of nitrogens with two attached hydrogens (primary N) is 1. The predicted molar refractivity (Wildman–Crippen MR) is 63.7 cm³/mol. The van der Waals surface area contributed by atoms with Crippen molar-refractivity contribution in [1.29, 1.82) is 0 Å². The molecule has 3 heteroatoms. The normalized spacial score (nSPS) is 13.2. The van der Waals surface area contributed by atoms with E-state index in [2.05, 4.69) is 47.3 Å². The van der Waals surface area contributed by atoms with Crippen LogP contribution in [0.4, 0.5) is 0 Å². The lowest BCUT2D eigenvalue weighted by Crippen LogP contribution is -2.29. The molecule has 0 amide bonds. The van der Waals surface area contributed by atoms with E-state index in [0.717, 1.165) is 10.9 Å². The van der Waals surface area contributed by atoms with E-state index in [4.69, 9.17) is 5.84 Å². The molecule has 1 rings (SSSR count). The number of hydrogen-bond acceptors (Lipinski definition) is 2. The summed E-state index contributed by atoms with van der Waals surface area (Å²) < 4.78 is 1.10. The van der Waals surface area contributed by atoms with E-state index >= 15 is 0 Å². The van der Waals surface area contributed by atoms with Crippen molar-refractivity contribution in [3.8, 4) is 0 Å². The van der Waals surface area contributed by atoms with Crippen molar-refractivity contribution in [2.24, 2.45) is 11.8 Å². The summed E-state index contributed by atoms with van der Waals surface area (Å²) in [5.74, 6) is 6.17. The van der Waals surface area contributed by atoms with Gasteiger partial charge in [-0.15, -0.1) is 0 Å². The smallest absolute Gasteiger partial charge is 0.0462 e. The molecule has 0 aromatic heterocycles. The summed E-state index contributed by atoms with van der Waals surface area (Å²) in [5, 5.41) is 0. The molecule has 0 saturated carbocycles. The Morgan fingerprint density at radius 1 is 1.43 bits per heavy atom. The first-order valence-corrected chi connectivity index (χ1v) is 5.64. The van der Waals surface area contributed by atoms with E-state index in [1.807, 2.05) is 12.1 Å². The summed E-state index contributed by atoms with van der Waals surface area (Å²) in [4.78, 5) is 0. The fourth-order valence-corrected chi connectivity index (χ4v) is 1.91. The number of benzene rings is 1. The van der Waals surface area contributed by atoms with Gasteiger partial charge < -0.3 is 0 Å². The highest BCUT2D eigenvalue weighted by atomic mass is 79.9. The second kappa shape index (κ2) is 5.49. The quantitative estimate of drug-likeness (QED) is 0.642. The Bertz CT molecular complexity index is 286. The van der Waals surface area contributed by atoms with E-state index in [-0.39, 0.29) is 6.04 Å². The van der Waals surface area contributed by atoms with Gasteiger partial charge in [0.25, 0.3) is 0 Å². The van der Waals surface area contributed by atoms with Crippen LogP contribution in [0.3, 0.4) is 0 Å². The highest BCUT2D eigenvalue weighted by molar-refractivity contribution is 9.10.